The van der Waals surface area contributed by atoms with Gasteiger partial charge in [0.15, 0.2) is 5.78 Å². The highest BCUT2D eigenvalue weighted by Gasteiger charge is 2.27. The Morgan fingerprint density at radius 2 is 1.79 bits per heavy atom. The molecule has 0 aliphatic carbocycles. The maximum atomic E-state index is 11.9. The smallest absolute Gasteiger partial charge is 0.355 e. The number of carbonyl (C=O) groups excluding carboxylic acids is 3. The second kappa shape index (κ2) is 5.69. The van der Waals surface area contributed by atoms with E-state index >= 15 is 0 Å². The fourth-order valence-corrected chi connectivity index (χ4v) is 1.96. The molecule has 0 fully saturated rings. The van der Waals surface area contributed by atoms with Gasteiger partial charge in [-0.2, -0.15) is 0 Å². The van der Waals surface area contributed by atoms with Crippen LogP contribution >= 0.6 is 0 Å². The highest BCUT2D eigenvalue weighted by Crippen LogP contribution is 2.29. The molecule has 1 rings (SSSR count). The molecule has 0 aromatic carbocycles. The predicted octanol–water partition coefficient (Wildman–Crippen LogP) is 1.64. The van der Waals surface area contributed by atoms with Gasteiger partial charge in [-0.1, -0.05) is 0 Å². The number of nitrogens with zero attached hydrogens (tertiary/aromatic N) is 1. The molecule has 0 N–H and O–H groups in total. The molecule has 0 spiro atoms. The summed E-state index contributed by atoms with van der Waals surface area (Å²) in [5.41, 5.74) is 0.883. The number of hydrogen-bond acceptors (Lipinski definition) is 5. The summed E-state index contributed by atoms with van der Waals surface area (Å²) >= 11 is 0. The van der Waals surface area contributed by atoms with E-state index in [1.54, 1.807) is 20.9 Å². The Kier molecular flexibility index (Phi) is 4.47. The van der Waals surface area contributed by atoms with E-state index < -0.39 is 11.9 Å². The highest BCUT2D eigenvalue weighted by molar-refractivity contribution is 6.03. The molecule has 0 unspecified atom stereocenters. The summed E-state index contributed by atoms with van der Waals surface area (Å²) < 4.78 is 11.3. The van der Waals surface area contributed by atoms with Crippen LogP contribution in [-0.2, 0) is 16.6 Å². The van der Waals surface area contributed by atoms with Crippen LogP contribution in [-0.4, -0.2) is 28.9 Å². The lowest BCUT2D eigenvalue weighted by molar-refractivity contribution is -0.132. The van der Waals surface area contributed by atoms with E-state index in [1.807, 2.05) is 0 Å². The quantitative estimate of drug-likeness (QED) is 0.612. The summed E-state index contributed by atoms with van der Waals surface area (Å²) in [5, 5.41) is 0. The zero-order valence-corrected chi connectivity index (χ0v) is 11.7. The molecule has 1 aromatic heterocycles. The van der Waals surface area contributed by atoms with Crippen LogP contribution in [0.5, 0.6) is 5.88 Å². The molecule has 1 heterocycles. The molecule has 19 heavy (non-hydrogen) atoms. The lowest BCUT2D eigenvalue weighted by atomic mass is 10.1. The molecule has 0 bridgehead atoms. The van der Waals surface area contributed by atoms with Crippen LogP contribution in [0.4, 0.5) is 0 Å². The molecular formula is C13H17NO5. The van der Waals surface area contributed by atoms with Crippen LogP contribution in [0.3, 0.4) is 0 Å². The van der Waals surface area contributed by atoms with Crippen molar-refractivity contribution >= 4 is 17.7 Å². The maximum Gasteiger partial charge on any atom is 0.355 e. The van der Waals surface area contributed by atoms with E-state index in [0.29, 0.717) is 5.56 Å². The third-order valence-electron chi connectivity index (χ3n) is 2.65. The van der Waals surface area contributed by atoms with Gasteiger partial charge in [-0.15, -0.1) is 0 Å². The minimum Gasteiger partial charge on any atom is -0.461 e. The number of aromatic nitrogens is 1. The van der Waals surface area contributed by atoms with Crippen LogP contribution in [0.25, 0.3) is 0 Å². The van der Waals surface area contributed by atoms with Gasteiger partial charge in [0.25, 0.3) is 0 Å². The first-order valence-electron chi connectivity index (χ1n) is 5.86. The van der Waals surface area contributed by atoms with Gasteiger partial charge < -0.3 is 14.0 Å². The van der Waals surface area contributed by atoms with Crippen molar-refractivity contribution in [2.75, 3.05) is 6.61 Å². The molecule has 6 nitrogen and oxygen atoms in total. The minimum atomic E-state index is -0.557. The molecule has 0 aliphatic rings. The Labute approximate surface area is 111 Å². The van der Waals surface area contributed by atoms with Gasteiger partial charge in [0.2, 0.25) is 5.88 Å². The normalized spacial score (nSPS) is 10.2. The van der Waals surface area contributed by atoms with Crippen LogP contribution in [0.1, 0.15) is 47.2 Å². The van der Waals surface area contributed by atoms with E-state index in [1.165, 1.54) is 18.4 Å². The van der Waals surface area contributed by atoms with Crippen molar-refractivity contribution in [2.24, 2.45) is 7.05 Å². The topological polar surface area (TPSA) is 74.6 Å². The van der Waals surface area contributed by atoms with Crippen molar-refractivity contribution < 1.29 is 23.9 Å². The van der Waals surface area contributed by atoms with Crippen molar-refractivity contribution in [1.29, 1.82) is 0 Å². The van der Waals surface area contributed by atoms with Crippen LogP contribution < -0.4 is 4.74 Å². The van der Waals surface area contributed by atoms with E-state index in [9.17, 15) is 14.4 Å². The fourth-order valence-electron chi connectivity index (χ4n) is 1.96. The van der Waals surface area contributed by atoms with Crippen LogP contribution in [0.15, 0.2) is 0 Å². The summed E-state index contributed by atoms with van der Waals surface area (Å²) in [6, 6.07) is 0. The van der Waals surface area contributed by atoms with E-state index in [0.717, 1.165) is 0 Å². The Hall–Kier alpha value is -2.11. The van der Waals surface area contributed by atoms with Crippen LogP contribution in [0.2, 0.25) is 0 Å². The van der Waals surface area contributed by atoms with Gasteiger partial charge in [0.05, 0.1) is 12.2 Å². The van der Waals surface area contributed by atoms with Crippen molar-refractivity contribution in [1.82, 2.24) is 4.57 Å². The summed E-state index contributed by atoms with van der Waals surface area (Å²) in [7, 11) is 1.55. The summed E-state index contributed by atoms with van der Waals surface area (Å²) in [6.45, 7) is 6.12. The minimum absolute atomic E-state index is 0.0700. The van der Waals surface area contributed by atoms with E-state index in [4.69, 9.17) is 9.47 Å². The summed E-state index contributed by atoms with van der Waals surface area (Å²) in [5.74, 6) is -1.32. The van der Waals surface area contributed by atoms with Crippen LogP contribution in [0, 0.1) is 6.92 Å². The molecule has 0 amide bonds. The van der Waals surface area contributed by atoms with Crippen molar-refractivity contribution in [3.8, 4) is 5.88 Å². The van der Waals surface area contributed by atoms with E-state index in [2.05, 4.69) is 0 Å². The SMILES string of the molecule is CCOC(=O)c1c(C)c(C(C)=O)c(OC(C)=O)n1C. The van der Waals surface area contributed by atoms with Gasteiger partial charge in [0.1, 0.15) is 5.69 Å². The number of carbonyl (C=O) groups is 3. The third kappa shape index (κ3) is 2.83. The molecule has 0 radical (unpaired) electrons. The van der Waals surface area contributed by atoms with Gasteiger partial charge >= 0.3 is 11.9 Å². The number of ether oxygens (including phenoxy) is 2. The molecule has 0 aliphatic heterocycles. The van der Waals surface area contributed by atoms with Crippen molar-refractivity contribution in [2.45, 2.75) is 27.7 Å². The average molecular weight is 267 g/mol. The Bertz CT molecular complexity index is 542. The average Bonchev–Trinajstić information content (AvgIpc) is 2.50. The number of esters is 2. The standard InChI is InChI=1S/C13H17NO5/c1-6-18-13(17)11-7(2)10(8(3)15)12(14(11)5)19-9(4)16/h6H2,1-5H3. The Morgan fingerprint density at radius 1 is 1.21 bits per heavy atom. The lowest BCUT2D eigenvalue weighted by Gasteiger charge is -2.07. The van der Waals surface area contributed by atoms with Crippen molar-refractivity contribution in [3.05, 3.63) is 16.8 Å². The number of Topliss-reactive ketones (excluding diaryl/α,β-unsaturated/α-hetero) is 1. The lowest BCUT2D eigenvalue weighted by Crippen LogP contribution is -2.13. The fraction of sp³-hybridized carbons (Fsp3) is 0.462. The highest BCUT2D eigenvalue weighted by atomic mass is 16.5. The maximum absolute atomic E-state index is 11.9. The largest absolute Gasteiger partial charge is 0.461 e. The summed E-state index contributed by atoms with van der Waals surface area (Å²) in [4.78, 5) is 34.6. The molecule has 0 saturated carbocycles. The first-order valence-corrected chi connectivity index (χ1v) is 5.86. The molecule has 104 valence electrons. The predicted molar refractivity (Wildman–Crippen MR) is 67.4 cm³/mol. The molecule has 1 aromatic rings. The monoisotopic (exact) mass is 267 g/mol. The molecule has 6 heteroatoms. The van der Waals surface area contributed by atoms with Gasteiger partial charge in [-0.05, 0) is 26.3 Å². The van der Waals surface area contributed by atoms with E-state index in [-0.39, 0.29) is 29.5 Å². The Morgan fingerprint density at radius 3 is 2.21 bits per heavy atom. The Balaban J connectivity index is 3.46. The number of rotatable bonds is 4. The second-order valence-electron chi connectivity index (χ2n) is 4.08. The zero-order chi connectivity index (χ0) is 14.7. The van der Waals surface area contributed by atoms with Crippen molar-refractivity contribution in [3.63, 3.8) is 0 Å². The first kappa shape index (κ1) is 14.9. The third-order valence-corrected chi connectivity index (χ3v) is 2.65. The molecule has 0 atom stereocenters. The van der Waals surface area contributed by atoms with Gasteiger partial charge in [-0.25, -0.2) is 4.79 Å². The number of ketones is 1. The molecular weight excluding hydrogens is 250 g/mol. The first-order chi connectivity index (χ1) is 8.81. The number of hydrogen-bond donors (Lipinski definition) is 0. The summed E-state index contributed by atoms with van der Waals surface area (Å²) in [6.07, 6.45) is 0. The molecule has 0 saturated heterocycles. The second-order valence-corrected chi connectivity index (χ2v) is 4.08. The van der Waals surface area contributed by atoms with Gasteiger partial charge in [0, 0.05) is 14.0 Å². The van der Waals surface area contributed by atoms with Gasteiger partial charge in [-0.3, -0.25) is 9.59 Å². The zero-order valence-electron chi connectivity index (χ0n) is 11.7.